The first kappa shape index (κ1) is 16.0. The minimum atomic E-state index is 0.0208. The summed E-state index contributed by atoms with van der Waals surface area (Å²) in [6.07, 6.45) is 0. The van der Waals surface area contributed by atoms with Gasteiger partial charge in [-0.15, -0.1) is 0 Å². The van der Waals surface area contributed by atoms with Crippen LogP contribution >= 0.6 is 0 Å². The van der Waals surface area contributed by atoms with Crippen molar-refractivity contribution in [3.63, 3.8) is 0 Å². The summed E-state index contributed by atoms with van der Waals surface area (Å²) in [6.45, 7) is 13.7. The van der Waals surface area contributed by atoms with Gasteiger partial charge in [0.1, 0.15) is 0 Å². The molecule has 1 aliphatic heterocycles. The number of anilines is 1. The summed E-state index contributed by atoms with van der Waals surface area (Å²) in [6, 6.07) is 4.22. The van der Waals surface area contributed by atoms with Crippen LogP contribution in [0.25, 0.3) is 0 Å². The molecule has 0 spiro atoms. The zero-order valence-corrected chi connectivity index (χ0v) is 13.8. The molecule has 0 aliphatic carbocycles. The Hall–Kier alpha value is -1.39. The Bertz CT molecular complexity index is 514. The first-order chi connectivity index (χ1) is 9.79. The minimum Gasteiger partial charge on any atom is -0.324 e. The summed E-state index contributed by atoms with van der Waals surface area (Å²) in [4.78, 5) is 14.6. The molecule has 4 nitrogen and oxygen atoms in total. The summed E-state index contributed by atoms with van der Waals surface area (Å²) < 4.78 is 0. The van der Waals surface area contributed by atoms with Crippen molar-refractivity contribution in [2.45, 2.75) is 40.2 Å². The lowest BCUT2D eigenvalue weighted by Crippen LogP contribution is -2.59. The van der Waals surface area contributed by atoms with Gasteiger partial charge >= 0.3 is 0 Å². The van der Waals surface area contributed by atoms with E-state index in [-0.39, 0.29) is 11.4 Å². The second-order valence-electron chi connectivity index (χ2n) is 6.73. The molecule has 21 heavy (non-hydrogen) atoms. The van der Waals surface area contributed by atoms with Gasteiger partial charge in [-0.25, -0.2) is 0 Å². The van der Waals surface area contributed by atoms with Gasteiger partial charge in [-0.1, -0.05) is 17.7 Å². The van der Waals surface area contributed by atoms with E-state index in [2.05, 4.69) is 48.4 Å². The highest BCUT2D eigenvalue weighted by atomic mass is 16.2. The van der Waals surface area contributed by atoms with Gasteiger partial charge in [0, 0.05) is 30.9 Å². The van der Waals surface area contributed by atoms with Crippen LogP contribution in [0.2, 0.25) is 0 Å². The number of hydrogen-bond acceptors (Lipinski definition) is 3. The largest absolute Gasteiger partial charge is 0.324 e. The molecule has 0 aromatic heterocycles. The molecular weight excluding hydrogens is 262 g/mol. The van der Waals surface area contributed by atoms with Crippen molar-refractivity contribution >= 4 is 11.6 Å². The molecular formula is C17H27N3O. The van der Waals surface area contributed by atoms with Crippen LogP contribution in [0.1, 0.15) is 30.5 Å². The van der Waals surface area contributed by atoms with Crippen LogP contribution in [0.5, 0.6) is 0 Å². The Balaban J connectivity index is 2.05. The first-order valence-electron chi connectivity index (χ1n) is 7.63. The van der Waals surface area contributed by atoms with Crippen LogP contribution in [0.3, 0.4) is 0 Å². The van der Waals surface area contributed by atoms with Gasteiger partial charge < -0.3 is 10.6 Å². The Labute approximate surface area is 127 Å². The molecule has 0 atom stereocenters. The van der Waals surface area contributed by atoms with E-state index in [0.29, 0.717) is 6.54 Å². The summed E-state index contributed by atoms with van der Waals surface area (Å²) in [7, 11) is 0. The standard InChI is InChI=1S/C17H27N3O/c1-12-8-13(2)16(14(3)9-12)19-15(21)10-20-7-6-18-11-17(20,4)5/h8-9,18H,6-7,10-11H2,1-5H3,(H,19,21). The molecule has 2 rings (SSSR count). The average molecular weight is 289 g/mol. The van der Waals surface area contributed by atoms with E-state index in [1.165, 1.54) is 5.56 Å². The fourth-order valence-electron chi connectivity index (χ4n) is 3.05. The third kappa shape index (κ3) is 3.83. The van der Waals surface area contributed by atoms with Crippen molar-refractivity contribution in [3.8, 4) is 0 Å². The van der Waals surface area contributed by atoms with Crippen molar-refractivity contribution in [1.29, 1.82) is 0 Å². The lowest BCUT2D eigenvalue weighted by Gasteiger charge is -2.42. The zero-order chi connectivity index (χ0) is 15.6. The molecule has 1 aromatic carbocycles. The van der Waals surface area contributed by atoms with Crippen molar-refractivity contribution < 1.29 is 4.79 Å². The maximum absolute atomic E-state index is 12.4. The summed E-state index contributed by atoms with van der Waals surface area (Å²) >= 11 is 0. The van der Waals surface area contributed by atoms with Crippen LogP contribution in [-0.4, -0.2) is 42.5 Å². The van der Waals surface area contributed by atoms with Crippen LogP contribution in [0, 0.1) is 20.8 Å². The van der Waals surface area contributed by atoms with Gasteiger partial charge in [-0.05, 0) is 45.7 Å². The van der Waals surface area contributed by atoms with Crippen LogP contribution in [0.15, 0.2) is 12.1 Å². The number of amides is 1. The molecule has 2 N–H and O–H groups in total. The smallest absolute Gasteiger partial charge is 0.238 e. The van der Waals surface area contributed by atoms with Gasteiger partial charge in [0.25, 0.3) is 0 Å². The fourth-order valence-corrected chi connectivity index (χ4v) is 3.05. The third-order valence-electron chi connectivity index (χ3n) is 4.25. The summed E-state index contributed by atoms with van der Waals surface area (Å²) in [5.74, 6) is 0.0695. The van der Waals surface area contributed by atoms with Gasteiger partial charge in [0.2, 0.25) is 5.91 Å². The third-order valence-corrected chi connectivity index (χ3v) is 4.25. The number of hydrogen-bond donors (Lipinski definition) is 2. The normalized spacial score (nSPS) is 18.5. The van der Waals surface area contributed by atoms with E-state index in [0.717, 1.165) is 36.4 Å². The molecule has 0 radical (unpaired) electrons. The highest BCUT2D eigenvalue weighted by Gasteiger charge is 2.30. The molecule has 116 valence electrons. The number of nitrogens with zero attached hydrogens (tertiary/aromatic N) is 1. The van der Waals surface area contributed by atoms with Crippen molar-refractivity contribution in [1.82, 2.24) is 10.2 Å². The van der Waals surface area contributed by atoms with E-state index in [1.54, 1.807) is 0 Å². The number of carbonyl (C=O) groups is 1. The predicted molar refractivity (Wildman–Crippen MR) is 87.8 cm³/mol. The number of benzene rings is 1. The first-order valence-corrected chi connectivity index (χ1v) is 7.63. The minimum absolute atomic E-state index is 0.0208. The molecule has 1 amide bonds. The lowest BCUT2D eigenvalue weighted by molar-refractivity contribution is -0.119. The molecule has 1 aliphatic rings. The fraction of sp³-hybridized carbons (Fsp3) is 0.588. The number of rotatable bonds is 3. The van der Waals surface area contributed by atoms with Crippen LogP contribution in [0.4, 0.5) is 5.69 Å². The Morgan fingerprint density at radius 3 is 2.48 bits per heavy atom. The average Bonchev–Trinajstić information content (AvgIpc) is 2.36. The van der Waals surface area contributed by atoms with Crippen LogP contribution in [-0.2, 0) is 4.79 Å². The lowest BCUT2D eigenvalue weighted by atomic mass is 10.00. The van der Waals surface area contributed by atoms with E-state index < -0.39 is 0 Å². The molecule has 0 unspecified atom stereocenters. The van der Waals surface area contributed by atoms with E-state index in [9.17, 15) is 4.79 Å². The molecule has 1 heterocycles. The molecule has 0 saturated carbocycles. The predicted octanol–water partition coefficient (Wildman–Crippen LogP) is 2.23. The number of nitrogens with one attached hydrogen (secondary N) is 2. The van der Waals surface area contributed by atoms with E-state index in [4.69, 9.17) is 0 Å². The highest BCUT2D eigenvalue weighted by Crippen LogP contribution is 2.22. The van der Waals surface area contributed by atoms with Crippen molar-refractivity contribution in [2.75, 3.05) is 31.5 Å². The van der Waals surface area contributed by atoms with Gasteiger partial charge in [0.05, 0.1) is 6.54 Å². The van der Waals surface area contributed by atoms with Crippen molar-refractivity contribution in [2.24, 2.45) is 0 Å². The van der Waals surface area contributed by atoms with Crippen LogP contribution < -0.4 is 10.6 Å². The van der Waals surface area contributed by atoms with Gasteiger partial charge in [-0.2, -0.15) is 0 Å². The quantitative estimate of drug-likeness (QED) is 0.897. The SMILES string of the molecule is Cc1cc(C)c(NC(=O)CN2CCNCC2(C)C)c(C)c1. The molecule has 1 saturated heterocycles. The number of piperazine rings is 1. The zero-order valence-electron chi connectivity index (χ0n) is 13.8. The maximum atomic E-state index is 12.4. The summed E-state index contributed by atoms with van der Waals surface area (Å²) in [5, 5.41) is 6.47. The Kier molecular flexibility index (Phi) is 4.69. The molecule has 0 bridgehead atoms. The second kappa shape index (κ2) is 6.16. The molecule has 1 fully saturated rings. The van der Waals surface area contributed by atoms with E-state index in [1.807, 2.05) is 13.8 Å². The van der Waals surface area contributed by atoms with Gasteiger partial charge in [-0.3, -0.25) is 9.69 Å². The Morgan fingerprint density at radius 1 is 1.29 bits per heavy atom. The monoisotopic (exact) mass is 289 g/mol. The molecule has 4 heteroatoms. The Morgan fingerprint density at radius 2 is 1.90 bits per heavy atom. The number of carbonyl (C=O) groups excluding carboxylic acids is 1. The van der Waals surface area contributed by atoms with Crippen molar-refractivity contribution in [3.05, 3.63) is 28.8 Å². The summed E-state index contributed by atoms with van der Waals surface area (Å²) in [5.41, 5.74) is 4.46. The topological polar surface area (TPSA) is 44.4 Å². The number of aryl methyl sites for hydroxylation is 3. The van der Waals surface area contributed by atoms with E-state index >= 15 is 0 Å². The maximum Gasteiger partial charge on any atom is 0.238 e. The van der Waals surface area contributed by atoms with Gasteiger partial charge in [0.15, 0.2) is 0 Å². The molecule has 1 aromatic rings. The second-order valence-corrected chi connectivity index (χ2v) is 6.73. The highest BCUT2D eigenvalue weighted by molar-refractivity contribution is 5.93.